The van der Waals surface area contributed by atoms with Gasteiger partial charge in [0, 0.05) is 18.5 Å². The number of rotatable bonds is 4. The van der Waals surface area contributed by atoms with E-state index in [1.165, 1.54) is 18.9 Å². The van der Waals surface area contributed by atoms with Crippen molar-refractivity contribution in [2.24, 2.45) is 10.7 Å². The Kier molecular flexibility index (Phi) is 3.78. The molecule has 0 aromatic heterocycles. The number of halogens is 1. The van der Waals surface area contributed by atoms with Crippen LogP contribution in [0.15, 0.2) is 29.3 Å². The Labute approximate surface area is 114 Å². The van der Waals surface area contributed by atoms with Gasteiger partial charge in [-0.15, -0.1) is 0 Å². The molecule has 1 aliphatic carbocycles. The van der Waals surface area contributed by atoms with Crippen molar-refractivity contribution < 1.29 is 4.39 Å². The second-order valence-corrected chi connectivity index (χ2v) is 5.88. The molecule has 104 valence electrons. The van der Waals surface area contributed by atoms with Crippen molar-refractivity contribution in [3.8, 4) is 0 Å². The molecule has 1 saturated carbocycles. The molecule has 0 aliphatic heterocycles. The van der Waals surface area contributed by atoms with Gasteiger partial charge in [-0.3, -0.25) is 4.99 Å². The highest BCUT2D eigenvalue weighted by Crippen LogP contribution is 2.27. The highest BCUT2D eigenvalue weighted by atomic mass is 19.1. The summed E-state index contributed by atoms with van der Waals surface area (Å²) < 4.78 is 13.8. The van der Waals surface area contributed by atoms with E-state index < -0.39 is 0 Å². The van der Waals surface area contributed by atoms with E-state index in [-0.39, 0.29) is 11.2 Å². The van der Waals surface area contributed by atoms with Crippen LogP contribution in [0.2, 0.25) is 0 Å². The van der Waals surface area contributed by atoms with Crippen LogP contribution >= 0.6 is 0 Å². The molecule has 1 aliphatic rings. The van der Waals surface area contributed by atoms with Gasteiger partial charge in [-0.05, 0) is 24.5 Å². The van der Waals surface area contributed by atoms with Crippen molar-refractivity contribution >= 4 is 5.96 Å². The third-order valence-corrected chi connectivity index (χ3v) is 3.70. The Morgan fingerprint density at radius 2 is 2.05 bits per heavy atom. The standard InChI is InChI=1S/C15H22FN3/c1-15(2,12-6-4-5-7-13(12)16)10-18-14(17)19(3)11-8-9-11/h4-7,11H,8-10H2,1-3H3,(H2,17,18). The van der Waals surface area contributed by atoms with E-state index in [9.17, 15) is 4.39 Å². The zero-order chi connectivity index (χ0) is 14.0. The van der Waals surface area contributed by atoms with Crippen molar-refractivity contribution in [3.63, 3.8) is 0 Å². The third kappa shape index (κ3) is 3.25. The SMILES string of the molecule is CN(C(N)=NCC(C)(C)c1ccccc1F)C1CC1. The van der Waals surface area contributed by atoms with Gasteiger partial charge in [0.1, 0.15) is 5.82 Å². The Morgan fingerprint density at radius 1 is 1.42 bits per heavy atom. The summed E-state index contributed by atoms with van der Waals surface area (Å²) in [5, 5.41) is 0. The molecular formula is C15H22FN3. The van der Waals surface area contributed by atoms with Crippen LogP contribution in [0.1, 0.15) is 32.3 Å². The van der Waals surface area contributed by atoms with Crippen LogP contribution < -0.4 is 5.73 Å². The number of nitrogens with two attached hydrogens (primary N) is 1. The summed E-state index contributed by atoms with van der Waals surface area (Å²) in [4.78, 5) is 6.44. The molecule has 19 heavy (non-hydrogen) atoms. The maximum atomic E-state index is 13.8. The molecule has 0 bridgehead atoms. The zero-order valence-electron chi connectivity index (χ0n) is 11.9. The molecule has 0 atom stereocenters. The first kappa shape index (κ1) is 13.8. The Bertz CT molecular complexity index is 478. The fourth-order valence-corrected chi connectivity index (χ4v) is 2.13. The van der Waals surface area contributed by atoms with E-state index in [1.807, 2.05) is 37.9 Å². The van der Waals surface area contributed by atoms with E-state index in [4.69, 9.17) is 5.73 Å². The van der Waals surface area contributed by atoms with Gasteiger partial charge in [-0.2, -0.15) is 0 Å². The number of guanidine groups is 1. The minimum atomic E-state index is -0.361. The molecule has 1 fully saturated rings. The van der Waals surface area contributed by atoms with Gasteiger partial charge >= 0.3 is 0 Å². The van der Waals surface area contributed by atoms with Gasteiger partial charge in [0.2, 0.25) is 0 Å². The highest BCUT2D eigenvalue weighted by molar-refractivity contribution is 5.78. The lowest BCUT2D eigenvalue weighted by Crippen LogP contribution is -2.37. The first-order chi connectivity index (χ1) is 8.92. The van der Waals surface area contributed by atoms with E-state index in [1.54, 1.807) is 6.07 Å². The molecule has 0 spiro atoms. The topological polar surface area (TPSA) is 41.6 Å². The van der Waals surface area contributed by atoms with Crippen molar-refractivity contribution in [2.75, 3.05) is 13.6 Å². The van der Waals surface area contributed by atoms with E-state index in [2.05, 4.69) is 4.99 Å². The molecule has 2 rings (SSSR count). The molecule has 0 heterocycles. The number of hydrogen-bond donors (Lipinski definition) is 1. The molecule has 1 aromatic carbocycles. The van der Waals surface area contributed by atoms with Gasteiger partial charge < -0.3 is 10.6 Å². The summed E-state index contributed by atoms with van der Waals surface area (Å²) in [5.41, 5.74) is 6.28. The molecule has 0 saturated heterocycles. The summed E-state index contributed by atoms with van der Waals surface area (Å²) in [6.45, 7) is 4.45. The van der Waals surface area contributed by atoms with Crippen LogP contribution in [-0.2, 0) is 5.41 Å². The van der Waals surface area contributed by atoms with Crippen LogP contribution in [0.5, 0.6) is 0 Å². The molecule has 4 heteroatoms. The Morgan fingerprint density at radius 3 is 2.63 bits per heavy atom. The van der Waals surface area contributed by atoms with Gasteiger partial charge in [-0.25, -0.2) is 4.39 Å². The number of nitrogens with zero attached hydrogens (tertiary/aromatic N) is 2. The molecule has 0 unspecified atom stereocenters. The molecule has 3 nitrogen and oxygen atoms in total. The van der Waals surface area contributed by atoms with E-state index in [0.29, 0.717) is 24.1 Å². The average molecular weight is 263 g/mol. The molecule has 0 radical (unpaired) electrons. The van der Waals surface area contributed by atoms with Crippen LogP contribution in [0.3, 0.4) is 0 Å². The third-order valence-electron chi connectivity index (χ3n) is 3.70. The van der Waals surface area contributed by atoms with Gasteiger partial charge in [0.25, 0.3) is 0 Å². The van der Waals surface area contributed by atoms with Crippen LogP contribution in [0, 0.1) is 5.82 Å². The van der Waals surface area contributed by atoms with Crippen molar-refractivity contribution in [1.82, 2.24) is 4.90 Å². The Hall–Kier alpha value is -1.58. The minimum Gasteiger partial charge on any atom is -0.370 e. The first-order valence-electron chi connectivity index (χ1n) is 6.69. The summed E-state index contributed by atoms with van der Waals surface area (Å²) in [6, 6.07) is 7.39. The minimum absolute atomic E-state index is 0.184. The smallest absolute Gasteiger partial charge is 0.191 e. The maximum absolute atomic E-state index is 13.8. The molecule has 1 aromatic rings. The van der Waals surface area contributed by atoms with Gasteiger partial charge in [-0.1, -0.05) is 32.0 Å². The lowest BCUT2D eigenvalue weighted by molar-refractivity contribution is 0.467. The zero-order valence-corrected chi connectivity index (χ0v) is 11.9. The normalized spacial score (nSPS) is 16.5. The Balaban J connectivity index is 2.08. The largest absolute Gasteiger partial charge is 0.370 e. The lowest BCUT2D eigenvalue weighted by Gasteiger charge is -2.25. The van der Waals surface area contributed by atoms with Crippen LogP contribution in [0.4, 0.5) is 4.39 Å². The second-order valence-electron chi connectivity index (χ2n) is 5.88. The fraction of sp³-hybridized carbons (Fsp3) is 0.533. The maximum Gasteiger partial charge on any atom is 0.191 e. The number of hydrogen-bond acceptors (Lipinski definition) is 1. The van der Waals surface area contributed by atoms with Crippen LogP contribution in [-0.4, -0.2) is 30.5 Å². The lowest BCUT2D eigenvalue weighted by atomic mass is 9.84. The van der Waals surface area contributed by atoms with Gasteiger partial charge in [0.15, 0.2) is 5.96 Å². The number of benzene rings is 1. The average Bonchev–Trinajstić information content (AvgIpc) is 3.19. The fourth-order valence-electron chi connectivity index (χ4n) is 2.13. The predicted octanol–water partition coefficient (Wildman–Crippen LogP) is 2.51. The molecule has 0 amide bonds. The summed E-state index contributed by atoms with van der Waals surface area (Å²) in [5.74, 6) is 0.365. The molecular weight excluding hydrogens is 241 g/mol. The van der Waals surface area contributed by atoms with E-state index in [0.717, 1.165) is 0 Å². The van der Waals surface area contributed by atoms with E-state index >= 15 is 0 Å². The van der Waals surface area contributed by atoms with Gasteiger partial charge in [0.05, 0.1) is 6.54 Å². The quantitative estimate of drug-likeness (QED) is 0.670. The van der Waals surface area contributed by atoms with Crippen molar-refractivity contribution in [2.45, 2.75) is 38.1 Å². The molecule has 2 N–H and O–H groups in total. The summed E-state index contributed by atoms with van der Waals surface area (Å²) in [7, 11) is 1.96. The predicted molar refractivity (Wildman–Crippen MR) is 76.7 cm³/mol. The van der Waals surface area contributed by atoms with Crippen LogP contribution in [0.25, 0.3) is 0 Å². The number of aliphatic imine (C=N–C) groups is 1. The monoisotopic (exact) mass is 263 g/mol. The van der Waals surface area contributed by atoms with Crippen molar-refractivity contribution in [1.29, 1.82) is 0 Å². The van der Waals surface area contributed by atoms with Crippen molar-refractivity contribution in [3.05, 3.63) is 35.6 Å². The summed E-state index contributed by atoms with van der Waals surface area (Å²) in [6.07, 6.45) is 2.37. The first-order valence-corrected chi connectivity index (χ1v) is 6.69. The second kappa shape index (κ2) is 5.19. The highest BCUT2D eigenvalue weighted by Gasteiger charge is 2.28. The summed E-state index contributed by atoms with van der Waals surface area (Å²) >= 11 is 0.